The van der Waals surface area contributed by atoms with E-state index in [1.807, 2.05) is 0 Å². The molecule has 15 heavy (non-hydrogen) atoms. The minimum Gasteiger partial charge on any atom is -0.327 e. The highest BCUT2D eigenvalue weighted by Crippen LogP contribution is 2.29. The first-order valence-electron chi connectivity index (χ1n) is 6.40. The molecule has 2 atom stereocenters. The Morgan fingerprint density at radius 1 is 1.07 bits per heavy atom. The van der Waals surface area contributed by atoms with E-state index in [4.69, 9.17) is 5.73 Å². The van der Waals surface area contributed by atoms with Gasteiger partial charge in [0.15, 0.2) is 0 Å². The van der Waals surface area contributed by atoms with E-state index in [-0.39, 0.29) is 6.04 Å². The highest BCUT2D eigenvalue weighted by atomic mass is 32.2. The van der Waals surface area contributed by atoms with Gasteiger partial charge in [-0.2, -0.15) is 0 Å². The van der Waals surface area contributed by atoms with Crippen LogP contribution in [-0.2, 0) is 10.8 Å². The molecule has 2 aliphatic rings. The molecule has 0 aromatic rings. The predicted molar refractivity (Wildman–Crippen MR) is 65.2 cm³/mol. The van der Waals surface area contributed by atoms with Crippen LogP contribution < -0.4 is 5.73 Å². The Morgan fingerprint density at radius 3 is 2.20 bits per heavy atom. The molecule has 0 radical (unpaired) electrons. The van der Waals surface area contributed by atoms with Crippen molar-refractivity contribution in [3.05, 3.63) is 0 Å². The zero-order chi connectivity index (χ0) is 10.7. The topological polar surface area (TPSA) is 43.1 Å². The van der Waals surface area contributed by atoms with E-state index in [9.17, 15) is 4.21 Å². The van der Waals surface area contributed by atoms with Crippen molar-refractivity contribution in [3.8, 4) is 0 Å². The van der Waals surface area contributed by atoms with E-state index in [1.54, 1.807) is 0 Å². The summed E-state index contributed by atoms with van der Waals surface area (Å²) < 4.78 is 12.0. The summed E-state index contributed by atoms with van der Waals surface area (Å²) in [6, 6.07) is 0.203. The first-order chi connectivity index (χ1) is 7.27. The van der Waals surface area contributed by atoms with Crippen LogP contribution in [0.25, 0.3) is 0 Å². The molecule has 2 fully saturated rings. The highest BCUT2D eigenvalue weighted by Gasteiger charge is 2.27. The van der Waals surface area contributed by atoms with Crippen molar-refractivity contribution in [1.29, 1.82) is 0 Å². The van der Waals surface area contributed by atoms with E-state index >= 15 is 0 Å². The van der Waals surface area contributed by atoms with E-state index < -0.39 is 10.8 Å². The van der Waals surface area contributed by atoms with E-state index in [1.165, 1.54) is 51.4 Å². The molecular formula is C12H23NOS. The first-order valence-corrected chi connectivity index (χ1v) is 7.78. The van der Waals surface area contributed by atoms with Crippen LogP contribution in [-0.4, -0.2) is 21.3 Å². The van der Waals surface area contributed by atoms with Gasteiger partial charge in [-0.05, 0) is 31.6 Å². The molecule has 2 nitrogen and oxygen atoms in total. The quantitative estimate of drug-likeness (QED) is 0.803. The van der Waals surface area contributed by atoms with Crippen molar-refractivity contribution in [1.82, 2.24) is 0 Å². The average Bonchev–Trinajstić information content (AvgIpc) is 2.91. The Kier molecular flexibility index (Phi) is 4.21. The van der Waals surface area contributed by atoms with Gasteiger partial charge < -0.3 is 5.73 Å². The summed E-state index contributed by atoms with van der Waals surface area (Å²) >= 11 is 0. The minimum atomic E-state index is -0.646. The van der Waals surface area contributed by atoms with Gasteiger partial charge in [-0.3, -0.25) is 4.21 Å². The van der Waals surface area contributed by atoms with Gasteiger partial charge in [0.2, 0.25) is 0 Å². The lowest BCUT2D eigenvalue weighted by Crippen LogP contribution is -2.36. The van der Waals surface area contributed by atoms with Crippen molar-refractivity contribution < 1.29 is 4.21 Å². The van der Waals surface area contributed by atoms with E-state index in [0.717, 1.165) is 5.75 Å². The van der Waals surface area contributed by atoms with Crippen LogP contribution in [0.1, 0.15) is 51.4 Å². The van der Waals surface area contributed by atoms with Gasteiger partial charge >= 0.3 is 0 Å². The standard InChI is InChI=1S/C12H23NOS/c13-12(10-5-1-2-6-10)9-15(14)11-7-3-4-8-11/h10-12H,1-9,13H2. The summed E-state index contributed by atoms with van der Waals surface area (Å²) in [6.07, 6.45) is 10.1. The molecular weight excluding hydrogens is 206 g/mol. The molecule has 0 spiro atoms. The molecule has 2 N–H and O–H groups in total. The van der Waals surface area contributed by atoms with Gasteiger partial charge in [0, 0.05) is 27.8 Å². The Hall–Kier alpha value is 0.110. The third-order valence-electron chi connectivity index (χ3n) is 4.04. The van der Waals surface area contributed by atoms with Crippen molar-refractivity contribution in [3.63, 3.8) is 0 Å². The molecule has 2 aliphatic carbocycles. The average molecular weight is 229 g/mol. The van der Waals surface area contributed by atoms with Crippen LogP contribution in [0.4, 0.5) is 0 Å². The molecule has 0 aromatic heterocycles. The number of rotatable bonds is 4. The fourth-order valence-corrected chi connectivity index (χ4v) is 4.78. The van der Waals surface area contributed by atoms with Gasteiger partial charge in [-0.1, -0.05) is 25.7 Å². The summed E-state index contributed by atoms with van der Waals surface area (Å²) in [5.74, 6) is 1.42. The zero-order valence-corrected chi connectivity index (χ0v) is 10.3. The Balaban J connectivity index is 1.77. The fourth-order valence-electron chi connectivity index (χ4n) is 3.00. The monoisotopic (exact) mass is 229 g/mol. The SMILES string of the molecule is NC(CS(=O)C1CCCC1)C1CCCC1. The second-order valence-electron chi connectivity index (χ2n) is 5.16. The van der Waals surface area contributed by atoms with Crippen LogP contribution in [0.5, 0.6) is 0 Å². The van der Waals surface area contributed by atoms with Gasteiger partial charge in [-0.25, -0.2) is 0 Å². The maximum absolute atomic E-state index is 12.0. The molecule has 0 aliphatic heterocycles. The summed E-state index contributed by atoms with van der Waals surface area (Å²) in [6.45, 7) is 0. The largest absolute Gasteiger partial charge is 0.327 e. The Bertz CT molecular complexity index is 220. The lowest BCUT2D eigenvalue weighted by Gasteiger charge is -2.20. The van der Waals surface area contributed by atoms with E-state index in [0.29, 0.717) is 11.2 Å². The summed E-state index contributed by atoms with van der Waals surface area (Å²) in [5.41, 5.74) is 6.15. The molecule has 0 heterocycles. The molecule has 88 valence electrons. The molecule has 2 saturated carbocycles. The molecule has 0 bridgehead atoms. The first kappa shape index (κ1) is 11.6. The predicted octanol–water partition coefficient (Wildman–Crippen LogP) is 2.20. The van der Waals surface area contributed by atoms with Crippen LogP contribution >= 0.6 is 0 Å². The molecule has 3 heteroatoms. The summed E-state index contributed by atoms with van der Waals surface area (Å²) in [5, 5.41) is 0.470. The Labute approximate surface area is 95.5 Å². The summed E-state index contributed by atoms with van der Waals surface area (Å²) in [4.78, 5) is 0. The second-order valence-corrected chi connectivity index (χ2v) is 6.92. The minimum absolute atomic E-state index is 0.203. The van der Waals surface area contributed by atoms with Crippen molar-refractivity contribution in [2.24, 2.45) is 11.7 Å². The Morgan fingerprint density at radius 2 is 1.60 bits per heavy atom. The smallest absolute Gasteiger partial charge is 0.0392 e. The number of nitrogens with two attached hydrogens (primary N) is 1. The third kappa shape index (κ3) is 3.04. The number of hydrogen-bond donors (Lipinski definition) is 1. The molecule has 0 amide bonds. The second kappa shape index (κ2) is 5.44. The lowest BCUT2D eigenvalue weighted by molar-refractivity contribution is 0.459. The number of hydrogen-bond acceptors (Lipinski definition) is 2. The maximum Gasteiger partial charge on any atom is 0.0392 e. The van der Waals surface area contributed by atoms with Gasteiger partial charge in [0.1, 0.15) is 0 Å². The normalized spacial score (nSPS) is 28.3. The van der Waals surface area contributed by atoms with Crippen molar-refractivity contribution in [2.75, 3.05) is 5.75 Å². The van der Waals surface area contributed by atoms with Crippen molar-refractivity contribution in [2.45, 2.75) is 62.7 Å². The highest BCUT2D eigenvalue weighted by molar-refractivity contribution is 7.85. The van der Waals surface area contributed by atoms with Crippen LogP contribution in [0, 0.1) is 5.92 Å². The van der Waals surface area contributed by atoms with Crippen LogP contribution in [0.3, 0.4) is 0 Å². The summed E-state index contributed by atoms with van der Waals surface area (Å²) in [7, 11) is -0.646. The third-order valence-corrected chi connectivity index (χ3v) is 5.96. The zero-order valence-electron chi connectivity index (χ0n) is 9.49. The fraction of sp³-hybridized carbons (Fsp3) is 1.00. The van der Waals surface area contributed by atoms with Gasteiger partial charge in [-0.15, -0.1) is 0 Å². The molecule has 0 aromatic carbocycles. The van der Waals surface area contributed by atoms with Gasteiger partial charge in [0.25, 0.3) is 0 Å². The van der Waals surface area contributed by atoms with E-state index in [2.05, 4.69) is 0 Å². The van der Waals surface area contributed by atoms with Crippen molar-refractivity contribution >= 4 is 10.8 Å². The lowest BCUT2D eigenvalue weighted by atomic mass is 10.0. The van der Waals surface area contributed by atoms with Crippen LogP contribution in [0.2, 0.25) is 0 Å². The molecule has 0 saturated heterocycles. The molecule has 2 unspecified atom stereocenters. The molecule has 2 rings (SSSR count). The maximum atomic E-state index is 12.0. The van der Waals surface area contributed by atoms with Gasteiger partial charge in [0.05, 0.1) is 0 Å². The van der Waals surface area contributed by atoms with Crippen LogP contribution in [0.15, 0.2) is 0 Å².